The Morgan fingerprint density at radius 1 is 1.15 bits per heavy atom. The van der Waals surface area contributed by atoms with Crippen LogP contribution in [-0.4, -0.2) is 31.3 Å². The van der Waals surface area contributed by atoms with E-state index in [9.17, 15) is 15.0 Å². The first kappa shape index (κ1) is 27.1. The molecular weight excluding hydrogens is 541 g/mol. The first-order chi connectivity index (χ1) is 18.6. The summed E-state index contributed by atoms with van der Waals surface area (Å²) in [4.78, 5) is 20.2. The SMILES string of the molecule is Cc1cc(C(=O)O)cc(C2CC(O)(c3cnc(OCc4c(-c5c(Cl)cccc5Cl)noc4C(C)C)cn3)C2)c1. The molecule has 2 aromatic heterocycles. The summed E-state index contributed by atoms with van der Waals surface area (Å²) in [7, 11) is 0. The lowest BCUT2D eigenvalue weighted by Gasteiger charge is -2.43. The molecule has 10 heteroatoms. The van der Waals surface area contributed by atoms with Gasteiger partial charge in [0, 0.05) is 11.5 Å². The Hall–Kier alpha value is -3.46. The first-order valence-electron chi connectivity index (χ1n) is 12.5. The third-order valence-electron chi connectivity index (χ3n) is 7.00. The largest absolute Gasteiger partial charge is 0.478 e. The Labute approximate surface area is 235 Å². The number of carboxylic acids is 1. The smallest absolute Gasteiger partial charge is 0.335 e. The lowest BCUT2D eigenvalue weighted by atomic mass is 9.66. The van der Waals surface area contributed by atoms with E-state index in [0.29, 0.717) is 51.2 Å². The Balaban J connectivity index is 1.30. The summed E-state index contributed by atoms with van der Waals surface area (Å²) in [6.07, 6.45) is 3.82. The summed E-state index contributed by atoms with van der Waals surface area (Å²) in [6, 6.07) is 10.5. The molecule has 0 bridgehead atoms. The molecule has 4 aromatic rings. The van der Waals surface area contributed by atoms with Crippen LogP contribution in [0.25, 0.3) is 11.3 Å². The van der Waals surface area contributed by atoms with Crippen molar-refractivity contribution in [3.8, 4) is 17.1 Å². The highest BCUT2D eigenvalue weighted by Gasteiger charge is 2.46. The highest BCUT2D eigenvalue weighted by molar-refractivity contribution is 6.39. The van der Waals surface area contributed by atoms with Crippen molar-refractivity contribution >= 4 is 29.2 Å². The predicted octanol–water partition coefficient (Wildman–Crippen LogP) is 6.91. The molecule has 1 aliphatic rings. The van der Waals surface area contributed by atoms with Gasteiger partial charge in [-0.15, -0.1) is 0 Å². The van der Waals surface area contributed by atoms with Gasteiger partial charge >= 0.3 is 5.97 Å². The van der Waals surface area contributed by atoms with Crippen molar-refractivity contribution in [1.82, 2.24) is 15.1 Å². The van der Waals surface area contributed by atoms with Crippen molar-refractivity contribution in [2.75, 3.05) is 0 Å². The monoisotopic (exact) mass is 567 g/mol. The van der Waals surface area contributed by atoms with Crippen LogP contribution in [0, 0.1) is 6.92 Å². The maximum absolute atomic E-state index is 11.4. The van der Waals surface area contributed by atoms with Gasteiger partial charge in [0.05, 0.1) is 39.3 Å². The number of ether oxygens (including phenoxy) is 1. The van der Waals surface area contributed by atoms with Crippen molar-refractivity contribution < 1.29 is 24.3 Å². The van der Waals surface area contributed by atoms with E-state index in [1.165, 1.54) is 12.4 Å². The molecule has 0 unspecified atom stereocenters. The average molecular weight is 568 g/mol. The maximum atomic E-state index is 11.4. The van der Waals surface area contributed by atoms with Gasteiger partial charge in [-0.1, -0.05) is 54.3 Å². The number of carbonyl (C=O) groups is 1. The molecule has 1 saturated carbocycles. The van der Waals surface area contributed by atoms with E-state index in [1.807, 2.05) is 26.8 Å². The number of aromatic nitrogens is 3. The summed E-state index contributed by atoms with van der Waals surface area (Å²) >= 11 is 12.8. The van der Waals surface area contributed by atoms with Gasteiger partial charge in [-0.3, -0.25) is 4.98 Å². The van der Waals surface area contributed by atoms with Crippen LogP contribution in [0.15, 0.2) is 53.3 Å². The second-order valence-electron chi connectivity index (χ2n) is 10.2. The molecule has 2 heterocycles. The van der Waals surface area contributed by atoms with Crippen LogP contribution >= 0.6 is 23.2 Å². The molecule has 0 saturated heterocycles. The Kier molecular flexibility index (Phi) is 7.37. The molecule has 1 aliphatic carbocycles. The number of nitrogens with zero attached hydrogens (tertiary/aromatic N) is 3. The number of benzene rings is 2. The first-order valence-corrected chi connectivity index (χ1v) is 13.3. The molecule has 0 spiro atoms. The number of aromatic carboxylic acids is 1. The van der Waals surface area contributed by atoms with Gasteiger partial charge in [-0.25, -0.2) is 9.78 Å². The number of aliphatic hydroxyl groups is 1. The summed E-state index contributed by atoms with van der Waals surface area (Å²) in [5.41, 5.74) is 3.10. The quantitative estimate of drug-likeness (QED) is 0.235. The third kappa shape index (κ3) is 5.37. The van der Waals surface area contributed by atoms with Gasteiger partial charge in [0.25, 0.3) is 0 Å². The second-order valence-corrected chi connectivity index (χ2v) is 11.0. The molecule has 202 valence electrons. The van der Waals surface area contributed by atoms with E-state index in [-0.39, 0.29) is 29.9 Å². The molecule has 0 aliphatic heterocycles. The number of hydrogen-bond acceptors (Lipinski definition) is 7. The van der Waals surface area contributed by atoms with Crippen molar-refractivity contribution in [2.45, 2.75) is 57.7 Å². The van der Waals surface area contributed by atoms with Gasteiger partial charge in [0.1, 0.15) is 23.7 Å². The zero-order valence-electron chi connectivity index (χ0n) is 21.6. The van der Waals surface area contributed by atoms with Crippen LogP contribution in [0.5, 0.6) is 5.88 Å². The minimum atomic E-state index is -1.14. The third-order valence-corrected chi connectivity index (χ3v) is 7.63. The minimum Gasteiger partial charge on any atom is -0.478 e. The van der Waals surface area contributed by atoms with Crippen LogP contribution in [0.1, 0.15) is 77.0 Å². The lowest BCUT2D eigenvalue weighted by molar-refractivity contribution is -0.0590. The predicted molar refractivity (Wildman–Crippen MR) is 146 cm³/mol. The minimum absolute atomic E-state index is 0.0313. The molecule has 2 aromatic carbocycles. The molecule has 39 heavy (non-hydrogen) atoms. The van der Waals surface area contributed by atoms with E-state index in [1.54, 1.807) is 30.3 Å². The molecule has 2 N–H and O–H groups in total. The fraction of sp³-hybridized carbons (Fsp3) is 0.310. The van der Waals surface area contributed by atoms with Crippen LogP contribution in [-0.2, 0) is 12.2 Å². The zero-order chi connectivity index (χ0) is 27.9. The molecule has 0 atom stereocenters. The van der Waals surface area contributed by atoms with E-state index in [4.69, 9.17) is 32.5 Å². The Bertz CT molecular complexity index is 1510. The van der Waals surface area contributed by atoms with E-state index in [0.717, 1.165) is 11.1 Å². The van der Waals surface area contributed by atoms with Gasteiger partial charge < -0.3 is 19.5 Å². The van der Waals surface area contributed by atoms with Gasteiger partial charge in [-0.2, -0.15) is 0 Å². The number of hydrogen-bond donors (Lipinski definition) is 2. The number of carboxylic acid groups (broad SMARTS) is 1. The van der Waals surface area contributed by atoms with Gasteiger partial charge in [-0.05, 0) is 61.1 Å². The Morgan fingerprint density at radius 3 is 2.49 bits per heavy atom. The van der Waals surface area contributed by atoms with E-state index in [2.05, 4.69) is 15.1 Å². The standard InChI is InChI=1S/C29H27Cl2N3O5/c1-15(2)27-20(26(34-39-27)25-21(30)5-4-6-22(25)31)14-38-24-13-32-23(12-33-24)29(37)10-19(11-29)17-7-16(3)8-18(9-17)28(35)36/h4-9,12-13,15,19,37H,10-11,14H2,1-3H3,(H,35,36). The molecule has 0 amide bonds. The maximum Gasteiger partial charge on any atom is 0.335 e. The summed E-state index contributed by atoms with van der Waals surface area (Å²) < 4.78 is 11.6. The van der Waals surface area contributed by atoms with Crippen molar-refractivity contribution in [3.05, 3.63) is 92.5 Å². The van der Waals surface area contributed by atoms with Crippen molar-refractivity contribution in [2.24, 2.45) is 0 Å². The van der Waals surface area contributed by atoms with E-state index >= 15 is 0 Å². The number of halogens is 2. The van der Waals surface area contributed by atoms with E-state index < -0.39 is 11.6 Å². The Morgan fingerprint density at radius 2 is 1.87 bits per heavy atom. The van der Waals surface area contributed by atoms with Crippen LogP contribution in [0.4, 0.5) is 0 Å². The summed E-state index contributed by atoms with van der Waals surface area (Å²) in [6.45, 7) is 5.94. The highest BCUT2D eigenvalue weighted by Crippen LogP contribution is 2.50. The normalized spacial score (nSPS) is 18.7. The van der Waals surface area contributed by atoms with Crippen molar-refractivity contribution in [1.29, 1.82) is 0 Å². The molecule has 8 nitrogen and oxygen atoms in total. The highest BCUT2D eigenvalue weighted by atomic mass is 35.5. The molecular formula is C29H27Cl2N3O5. The number of rotatable bonds is 8. The molecule has 5 rings (SSSR count). The number of aryl methyl sites for hydroxylation is 1. The lowest BCUT2D eigenvalue weighted by Crippen LogP contribution is -2.40. The van der Waals surface area contributed by atoms with Crippen LogP contribution < -0.4 is 4.74 Å². The fourth-order valence-corrected chi connectivity index (χ4v) is 5.56. The van der Waals surface area contributed by atoms with Crippen molar-refractivity contribution in [3.63, 3.8) is 0 Å². The van der Waals surface area contributed by atoms with Gasteiger partial charge in [0.2, 0.25) is 5.88 Å². The zero-order valence-corrected chi connectivity index (χ0v) is 23.1. The fourth-order valence-electron chi connectivity index (χ4n) is 4.99. The molecule has 1 fully saturated rings. The van der Waals surface area contributed by atoms with Crippen LogP contribution in [0.2, 0.25) is 10.0 Å². The topological polar surface area (TPSA) is 119 Å². The summed E-state index contributed by atoms with van der Waals surface area (Å²) in [5.74, 6) is 0.0340. The second kappa shape index (κ2) is 10.6. The molecule has 0 radical (unpaired) electrons. The average Bonchev–Trinajstić information content (AvgIpc) is 3.29. The van der Waals surface area contributed by atoms with Gasteiger partial charge in [0.15, 0.2) is 0 Å². The van der Waals surface area contributed by atoms with Crippen LogP contribution in [0.3, 0.4) is 0 Å². The summed E-state index contributed by atoms with van der Waals surface area (Å²) in [5, 5.41) is 25.6.